The van der Waals surface area contributed by atoms with Crippen LogP contribution in [0.15, 0.2) is 0 Å². The van der Waals surface area contributed by atoms with E-state index in [1.807, 2.05) is 0 Å². The molecule has 0 radical (unpaired) electrons. The lowest BCUT2D eigenvalue weighted by atomic mass is 9.81. The first-order valence-corrected chi connectivity index (χ1v) is 10.6. The predicted octanol–water partition coefficient (Wildman–Crippen LogP) is 5.03. The van der Waals surface area contributed by atoms with Gasteiger partial charge in [-0.25, -0.2) is 0 Å². The molecule has 2 saturated heterocycles. The summed E-state index contributed by atoms with van der Waals surface area (Å²) in [5.41, 5.74) is 0.863. The van der Waals surface area contributed by atoms with E-state index in [1.165, 1.54) is 64.7 Å². The quantitative estimate of drug-likeness (QED) is 0.711. The average molecular weight is 335 g/mol. The van der Waals surface area contributed by atoms with E-state index in [0.29, 0.717) is 11.0 Å². The van der Waals surface area contributed by atoms with Crippen LogP contribution in [0.4, 0.5) is 0 Å². The van der Waals surface area contributed by atoms with E-state index in [2.05, 4.69) is 51.3 Å². The largest absolute Gasteiger partial charge is 0.303 e. The van der Waals surface area contributed by atoms with Gasteiger partial charge in [-0.05, 0) is 102 Å². The van der Waals surface area contributed by atoms with Crippen molar-refractivity contribution in [2.24, 2.45) is 23.2 Å². The summed E-state index contributed by atoms with van der Waals surface area (Å²) in [5.74, 6) is 3.07. The second-order valence-electron chi connectivity index (χ2n) is 11.3. The highest BCUT2D eigenvalue weighted by Gasteiger charge is 2.47. The van der Waals surface area contributed by atoms with Gasteiger partial charge >= 0.3 is 0 Å². The summed E-state index contributed by atoms with van der Waals surface area (Å²) < 4.78 is 0. The molecule has 1 aliphatic carbocycles. The topological polar surface area (TPSA) is 6.48 Å². The number of rotatable bonds is 4. The molecule has 3 aliphatic rings. The molecule has 2 heterocycles. The lowest BCUT2D eigenvalue weighted by Crippen LogP contribution is -2.47. The Morgan fingerprint density at radius 2 is 1.58 bits per heavy atom. The zero-order valence-electron chi connectivity index (χ0n) is 17.3. The Hall–Kier alpha value is -0.0800. The Morgan fingerprint density at radius 1 is 0.917 bits per heavy atom. The third-order valence-electron chi connectivity index (χ3n) is 7.07. The molecule has 0 aromatic rings. The number of hydrogen-bond donors (Lipinski definition) is 0. The normalized spacial score (nSPS) is 33.5. The van der Waals surface area contributed by atoms with E-state index in [4.69, 9.17) is 0 Å². The van der Waals surface area contributed by atoms with Crippen molar-refractivity contribution in [1.82, 2.24) is 9.80 Å². The lowest BCUT2D eigenvalue weighted by Gasteiger charge is -2.42. The smallest absolute Gasteiger partial charge is 0.0128 e. The summed E-state index contributed by atoms with van der Waals surface area (Å²) in [6, 6.07) is 0.895. The molecule has 0 aromatic heterocycles. The molecule has 1 unspecified atom stereocenters. The third-order valence-corrected chi connectivity index (χ3v) is 7.07. The molecule has 2 bridgehead atoms. The summed E-state index contributed by atoms with van der Waals surface area (Å²) in [6.07, 6.45) is 8.78. The van der Waals surface area contributed by atoms with Crippen molar-refractivity contribution in [2.45, 2.75) is 91.6 Å². The van der Waals surface area contributed by atoms with Crippen LogP contribution in [0.2, 0.25) is 0 Å². The molecule has 0 spiro atoms. The average Bonchev–Trinajstić information content (AvgIpc) is 3.05. The minimum Gasteiger partial charge on any atom is -0.303 e. The minimum absolute atomic E-state index is 0.378. The van der Waals surface area contributed by atoms with Crippen LogP contribution in [0.25, 0.3) is 0 Å². The first-order chi connectivity index (χ1) is 11.1. The monoisotopic (exact) mass is 334 g/mol. The van der Waals surface area contributed by atoms with Crippen molar-refractivity contribution in [2.75, 3.05) is 26.2 Å². The van der Waals surface area contributed by atoms with Crippen LogP contribution in [0.1, 0.15) is 80.1 Å². The zero-order chi connectivity index (χ0) is 17.5. The molecule has 0 amide bonds. The fraction of sp³-hybridized carbons (Fsp3) is 1.00. The number of hydrogen-bond acceptors (Lipinski definition) is 2. The Morgan fingerprint density at radius 3 is 2.08 bits per heavy atom. The van der Waals surface area contributed by atoms with Crippen LogP contribution in [0.5, 0.6) is 0 Å². The van der Waals surface area contributed by atoms with Crippen molar-refractivity contribution < 1.29 is 0 Å². The third kappa shape index (κ3) is 4.55. The van der Waals surface area contributed by atoms with E-state index in [0.717, 1.165) is 23.8 Å². The molecule has 0 aromatic carbocycles. The SMILES string of the molecule is CC(C)(C)CCN1CCC(CC2C[C@@H]3C[C@H]2CN3C(C)(C)C)CC1. The highest BCUT2D eigenvalue weighted by molar-refractivity contribution is 5.01. The number of piperidine rings is 2. The molecule has 1 saturated carbocycles. The molecular weight excluding hydrogens is 292 g/mol. The standard InChI is InChI=1S/C22H42N2/c1-21(2,3)9-12-23-10-7-17(8-11-23)13-18-14-20-15-19(18)16-24(20)22(4,5)6/h17-20H,7-16H2,1-6H3/t18?,19-,20+/m0/s1. The molecule has 2 aliphatic heterocycles. The lowest BCUT2D eigenvalue weighted by molar-refractivity contribution is 0.0659. The number of likely N-dealkylation sites (tertiary alicyclic amines) is 2. The summed E-state index contributed by atoms with van der Waals surface area (Å²) >= 11 is 0. The van der Waals surface area contributed by atoms with Crippen LogP contribution in [0.3, 0.4) is 0 Å². The fourth-order valence-electron chi connectivity index (χ4n) is 5.54. The highest BCUT2D eigenvalue weighted by atomic mass is 15.2. The van der Waals surface area contributed by atoms with Crippen molar-refractivity contribution >= 4 is 0 Å². The van der Waals surface area contributed by atoms with Gasteiger partial charge in [0.15, 0.2) is 0 Å². The molecule has 24 heavy (non-hydrogen) atoms. The van der Waals surface area contributed by atoms with E-state index in [9.17, 15) is 0 Å². The van der Waals surface area contributed by atoms with E-state index in [1.54, 1.807) is 0 Å². The van der Waals surface area contributed by atoms with Gasteiger partial charge in [0.25, 0.3) is 0 Å². The maximum atomic E-state index is 2.79. The Labute approximate surface area is 151 Å². The van der Waals surface area contributed by atoms with Gasteiger partial charge in [0.05, 0.1) is 0 Å². The van der Waals surface area contributed by atoms with Gasteiger partial charge in [0.1, 0.15) is 0 Å². The summed E-state index contributed by atoms with van der Waals surface area (Å²) in [5, 5.41) is 0. The molecule has 0 N–H and O–H groups in total. The Kier molecular flexibility index (Phi) is 5.39. The molecular formula is C22H42N2. The zero-order valence-corrected chi connectivity index (χ0v) is 17.3. The van der Waals surface area contributed by atoms with Gasteiger partial charge < -0.3 is 4.90 Å². The summed E-state index contributed by atoms with van der Waals surface area (Å²) in [4.78, 5) is 5.52. The van der Waals surface area contributed by atoms with Gasteiger partial charge in [-0.15, -0.1) is 0 Å². The van der Waals surface area contributed by atoms with Crippen molar-refractivity contribution in [3.63, 3.8) is 0 Å². The summed E-state index contributed by atoms with van der Waals surface area (Å²) in [7, 11) is 0. The van der Waals surface area contributed by atoms with Gasteiger partial charge in [-0.1, -0.05) is 20.8 Å². The van der Waals surface area contributed by atoms with Crippen LogP contribution >= 0.6 is 0 Å². The Bertz CT molecular complexity index is 409. The first-order valence-electron chi connectivity index (χ1n) is 10.6. The fourth-order valence-corrected chi connectivity index (χ4v) is 5.54. The van der Waals surface area contributed by atoms with Gasteiger partial charge in [-0.3, -0.25) is 4.90 Å². The van der Waals surface area contributed by atoms with E-state index in [-0.39, 0.29) is 0 Å². The first kappa shape index (κ1) is 18.7. The van der Waals surface area contributed by atoms with Crippen LogP contribution in [-0.4, -0.2) is 47.6 Å². The van der Waals surface area contributed by atoms with Crippen LogP contribution < -0.4 is 0 Å². The molecule has 3 fully saturated rings. The van der Waals surface area contributed by atoms with Crippen molar-refractivity contribution in [1.29, 1.82) is 0 Å². The molecule has 140 valence electrons. The maximum Gasteiger partial charge on any atom is 0.0128 e. The second kappa shape index (κ2) is 6.91. The van der Waals surface area contributed by atoms with Crippen LogP contribution in [-0.2, 0) is 0 Å². The molecule has 2 heteroatoms. The Balaban J connectivity index is 1.39. The van der Waals surface area contributed by atoms with Crippen LogP contribution in [0, 0.1) is 23.2 Å². The van der Waals surface area contributed by atoms with Gasteiger partial charge in [0.2, 0.25) is 0 Å². The maximum absolute atomic E-state index is 2.79. The van der Waals surface area contributed by atoms with Crippen molar-refractivity contribution in [3.8, 4) is 0 Å². The van der Waals surface area contributed by atoms with Gasteiger partial charge in [0, 0.05) is 18.1 Å². The van der Waals surface area contributed by atoms with Gasteiger partial charge in [-0.2, -0.15) is 0 Å². The highest BCUT2D eigenvalue weighted by Crippen LogP contribution is 2.48. The number of fused-ring (bicyclic) bond motifs is 2. The summed E-state index contributed by atoms with van der Waals surface area (Å²) in [6.45, 7) is 19.7. The van der Waals surface area contributed by atoms with Crippen molar-refractivity contribution in [3.05, 3.63) is 0 Å². The van der Waals surface area contributed by atoms with E-state index < -0.39 is 0 Å². The number of nitrogens with zero attached hydrogens (tertiary/aromatic N) is 2. The van der Waals surface area contributed by atoms with E-state index >= 15 is 0 Å². The predicted molar refractivity (Wildman–Crippen MR) is 104 cm³/mol. The minimum atomic E-state index is 0.378. The second-order valence-corrected chi connectivity index (χ2v) is 11.3. The molecule has 2 nitrogen and oxygen atoms in total. The molecule has 3 atom stereocenters. The molecule has 3 rings (SSSR count).